The van der Waals surface area contributed by atoms with E-state index in [1.807, 2.05) is 11.8 Å². The number of halogens is 2. The Morgan fingerprint density at radius 1 is 1.12 bits per heavy atom. The van der Waals surface area contributed by atoms with Crippen LogP contribution < -0.4 is 10.3 Å². The van der Waals surface area contributed by atoms with E-state index in [4.69, 9.17) is 11.6 Å². The molecular formula is C24H26ClFN2O3S. The average molecular weight is 477 g/mol. The van der Waals surface area contributed by atoms with Gasteiger partial charge in [-0.25, -0.2) is 12.8 Å². The van der Waals surface area contributed by atoms with Crippen molar-refractivity contribution in [1.29, 1.82) is 0 Å². The summed E-state index contributed by atoms with van der Waals surface area (Å²) in [5, 5.41) is 0.465. The molecule has 2 heterocycles. The van der Waals surface area contributed by atoms with Crippen LogP contribution >= 0.6 is 11.6 Å². The van der Waals surface area contributed by atoms with Crippen molar-refractivity contribution in [3.63, 3.8) is 0 Å². The Hall–Kier alpha value is -2.38. The van der Waals surface area contributed by atoms with E-state index >= 15 is 4.39 Å². The van der Waals surface area contributed by atoms with Gasteiger partial charge in [0.05, 0.1) is 21.5 Å². The predicted molar refractivity (Wildman–Crippen MR) is 126 cm³/mol. The standard InChI is InChI=1S/C24H26ClFN2O3S/c1-3-10-28-15-23(32(30,31)18-6-4-17(25)5-7-18)24(29)19-13-20(26)22(14-21(19)28)27-11-8-16(2)9-12-27/h4-7,13-16H,3,8-12H2,1-2H3. The second-order valence-electron chi connectivity index (χ2n) is 8.46. The quantitative estimate of drug-likeness (QED) is 0.503. The number of sulfone groups is 1. The third kappa shape index (κ3) is 4.16. The second-order valence-corrected chi connectivity index (χ2v) is 10.8. The molecule has 0 saturated carbocycles. The summed E-state index contributed by atoms with van der Waals surface area (Å²) in [5.41, 5.74) is 0.309. The third-order valence-electron chi connectivity index (χ3n) is 6.12. The van der Waals surface area contributed by atoms with Crippen LogP contribution in [0.2, 0.25) is 5.02 Å². The van der Waals surface area contributed by atoms with Crippen molar-refractivity contribution < 1.29 is 12.8 Å². The molecule has 1 aliphatic rings. The molecule has 8 heteroatoms. The minimum Gasteiger partial charge on any atom is -0.369 e. The van der Waals surface area contributed by atoms with Crippen molar-refractivity contribution in [1.82, 2.24) is 4.57 Å². The smallest absolute Gasteiger partial charge is 0.211 e. The first-order valence-electron chi connectivity index (χ1n) is 10.8. The number of hydrogen-bond donors (Lipinski definition) is 0. The van der Waals surface area contributed by atoms with Crippen LogP contribution in [0.1, 0.15) is 33.1 Å². The third-order valence-corrected chi connectivity index (χ3v) is 8.13. The number of rotatable bonds is 5. The van der Waals surface area contributed by atoms with E-state index in [0.29, 0.717) is 28.7 Å². The molecule has 32 heavy (non-hydrogen) atoms. The Bertz CT molecular complexity index is 1310. The van der Waals surface area contributed by atoms with Crippen molar-refractivity contribution in [2.24, 2.45) is 5.92 Å². The van der Waals surface area contributed by atoms with E-state index in [9.17, 15) is 13.2 Å². The normalized spacial score (nSPS) is 15.4. The molecule has 0 unspecified atom stereocenters. The van der Waals surface area contributed by atoms with Gasteiger partial charge >= 0.3 is 0 Å². The van der Waals surface area contributed by atoms with Crippen molar-refractivity contribution in [3.8, 4) is 0 Å². The maximum atomic E-state index is 15.1. The van der Waals surface area contributed by atoms with Crippen molar-refractivity contribution in [2.45, 2.75) is 49.4 Å². The second kappa shape index (κ2) is 8.87. The fourth-order valence-corrected chi connectivity index (χ4v) is 5.72. The summed E-state index contributed by atoms with van der Waals surface area (Å²) in [7, 11) is -4.09. The number of fused-ring (bicyclic) bond motifs is 1. The molecule has 0 bridgehead atoms. The number of nitrogens with zero attached hydrogens (tertiary/aromatic N) is 2. The highest BCUT2D eigenvalue weighted by molar-refractivity contribution is 7.91. The van der Waals surface area contributed by atoms with E-state index in [1.165, 1.54) is 36.5 Å². The lowest BCUT2D eigenvalue weighted by Crippen LogP contribution is -2.33. The van der Waals surface area contributed by atoms with Crippen molar-refractivity contribution >= 4 is 38.0 Å². The van der Waals surface area contributed by atoms with Crippen LogP contribution in [0.3, 0.4) is 0 Å². The first-order valence-corrected chi connectivity index (χ1v) is 12.7. The van der Waals surface area contributed by atoms with Crippen molar-refractivity contribution in [3.05, 3.63) is 63.7 Å². The summed E-state index contributed by atoms with van der Waals surface area (Å²) in [6, 6.07) is 8.55. The molecule has 0 amide bonds. The number of aryl methyl sites for hydroxylation is 1. The van der Waals surface area contributed by atoms with Gasteiger partial charge in [0.2, 0.25) is 15.3 Å². The Balaban J connectivity index is 1.90. The van der Waals surface area contributed by atoms with Gasteiger partial charge in [-0.2, -0.15) is 0 Å². The van der Waals surface area contributed by atoms with Crippen LogP contribution in [0.4, 0.5) is 10.1 Å². The van der Waals surface area contributed by atoms with Gasteiger partial charge in [0, 0.05) is 30.9 Å². The predicted octanol–water partition coefficient (Wildman–Crippen LogP) is 5.27. The van der Waals surface area contributed by atoms with E-state index in [-0.39, 0.29) is 15.2 Å². The lowest BCUT2D eigenvalue weighted by Gasteiger charge is -2.32. The number of pyridine rings is 1. The summed E-state index contributed by atoms with van der Waals surface area (Å²) in [6.07, 6.45) is 4.08. The summed E-state index contributed by atoms with van der Waals surface area (Å²) in [5.74, 6) is 0.0990. The summed E-state index contributed by atoms with van der Waals surface area (Å²) < 4.78 is 43.4. The largest absolute Gasteiger partial charge is 0.369 e. The van der Waals surface area contributed by atoms with Crippen molar-refractivity contribution in [2.75, 3.05) is 18.0 Å². The first-order chi connectivity index (χ1) is 15.2. The molecule has 1 fully saturated rings. The topological polar surface area (TPSA) is 59.4 Å². The molecule has 1 saturated heterocycles. The van der Waals surface area contributed by atoms with Crippen LogP contribution in [0.25, 0.3) is 10.9 Å². The number of anilines is 1. The summed E-state index contributed by atoms with van der Waals surface area (Å²) in [6.45, 7) is 6.17. The molecule has 1 aliphatic heterocycles. The molecule has 1 aromatic heterocycles. The van der Waals surface area contributed by atoms with E-state index in [2.05, 4.69) is 6.92 Å². The summed E-state index contributed by atoms with van der Waals surface area (Å²) >= 11 is 5.88. The molecule has 170 valence electrons. The highest BCUT2D eigenvalue weighted by Crippen LogP contribution is 2.30. The highest BCUT2D eigenvalue weighted by Gasteiger charge is 2.26. The SMILES string of the molecule is CCCn1cc(S(=O)(=O)c2ccc(Cl)cc2)c(=O)c2cc(F)c(N3CCC(C)CC3)cc21. The number of hydrogen-bond acceptors (Lipinski definition) is 4. The molecule has 2 aromatic carbocycles. The zero-order chi connectivity index (χ0) is 23.0. The number of aromatic nitrogens is 1. The molecule has 0 N–H and O–H groups in total. The molecule has 0 aliphatic carbocycles. The van der Waals surface area contributed by atoms with Crippen LogP contribution in [0, 0.1) is 11.7 Å². The maximum absolute atomic E-state index is 15.1. The minimum atomic E-state index is -4.09. The fourth-order valence-electron chi connectivity index (χ4n) is 4.22. The maximum Gasteiger partial charge on any atom is 0.211 e. The average Bonchev–Trinajstić information content (AvgIpc) is 2.76. The Morgan fingerprint density at radius 3 is 2.41 bits per heavy atom. The monoisotopic (exact) mass is 476 g/mol. The van der Waals surface area contributed by atoms with Gasteiger partial charge in [-0.1, -0.05) is 25.4 Å². The Labute approximate surface area is 192 Å². The molecule has 0 atom stereocenters. The van der Waals surface area contributed by atoms with E-state index in [1.54, 1.807) is 10.6 Å². The van der Waals surface area contributed by atoms with Gasteiger partial charge in [-0.05, 0) is 61.6 Å². The number of benzene rings is 2. The van der Waals surface area contributed by atoms with Gasteiger partial charge < -0.3 is 9.47 Å². The van der Waals surface area contributed by atoms with E-state index in [0.717, 1.165) is 32.4 Å². The molecular weight excluding hydrogens is 451 g/mol. The van der Waals surface area contributed by atoms with Gasteiger partial charge in [-0.15, -0.1) is 0 Å². The van der Waals surface area contributed by atoms with Gasteiger partial charge in [0.1, 0.15) is 10.7 Å². The molecule has 5 nitrogen and oxygen atoms in total. The molecule has 0 radical (unpaired) electrons. The van der Waals surface area contributed by atoms with Crippen LogP contribution in [0.15, 0.2) is 57.2 Å². The minimum absolute atomic E-state index is 0.0269. The number of piperidine rings is 1. The van der Waals surface area contributed by atoms with Crippen LogP contribution in [0.5, 0.6) is 0 Å². The van der Waals surface area contributed by atoms with Gasteiger partial charge in [0.15, 0.2) is 0 Å². The molecule has 4 rings (SSSR count). The molecule has 3 aromatic rings. The van der Waals surface area contributed by atoms with Crippen LogP contribution in [-0.2, 0) is 16.4 Å². The van der Waals surface area contributed by atoms with Gasteiger partial charge in [-0.3, -0.25) is 4.79 Å². The van der Waals surface area contributed by atoms with Crippen LogP contribution in [-0.4, -0.2) is 26.1 Å². The lowest BCUT2D eigenvalue weighted by molar-refractivity contribution is 0.434. The molecule has 0 spiro atoms. The highest BCUT2D eigenvalue weighted by atomic mass is 35.5. The Kier molecular flexibility index (Phi) is 6.32. The zero-order valence-electron chi connectivity index (χ0n) is 18.1. The van der Waals surface area contributed by atoms with Gasteiger partial charge in [0.25, 0.3) is 0 Å². The summed E-state index contributed by atoms with van der Waals surface area (Å²) in [4.78, 5) is 14.9. The Morgan fingerprint density at radius 2 is 1.78 bits per heavy atom. The van der Waals surface area contributed by atoms with E-state index < -0.39 is 21.1 Å². The first kappa shape index (κ1) is 22.8. The fraction of sp³-hybridized carbons (Fsp3) is 0.375. The lowest BCUT2D eigenvalue weighted by atomic mass is 9.98. The zero-order valence-corrected chi connectivity index (χ0v) is 19.7.